The number of likely N-dealkylation sites (N-methyl/N-ethyl adjacent to an activating group) is 1. The van der Waals surface area contributed by atoms with Crippen molar-refractivity contribution in [2.45, 2.75) is 39.0 Å². The maximum atomic E-state index is 13.8. The molecule has 0 N–H and O–H groups in total. The molecule has 1 aliphatic carbocycles. The number of aromatic nitrogens is 2. The highest BCUT2D eigenvalue weighted by atomic mass is 19.1. The number of nitrogens with zero attached hydrogens (tertiary/aromatic N) is 4. The Kier molecular flexibility index (Phi) is 5.00. The molecule has 0 spiro atoms. The van der Waals surface area contributed by atoms with Crippen molar-refractivity contribution in [3.05, 3.63) is 47.0 Å². The predicted octanol–water partition coefficient (Wildman–Crippen LogP) is 3.23. The third-order valence-corrected chi connectivity index (χ3v) is 5.68. The Morgan fingerprint density at radius 3 is 2.52 bits per heavy atom. The first kappa shape index (κ1) is 18.2. The second-order valence-corrected chi connectivity index (χ2v) is 7.45. The summed E-state index contributed by atoms with van der Waals surface area (Å²) >= 11 is 0. The van der Waals surface area contributed by atoms with Crippen molar-refractivity contribution >= 4 is 5.91 Å². The first-order chi connectivity index (χ1) is 13.1. The van der Waals surface area contributed by atoms with E-state index in [-0.39, 0.29) is 11.7 Å². The zero-order valence-corrected chi connectivity index (χ0v) is 16.1. The van der Waals surface area contributed by atoms with Gasteiger partial charge in [0.05, 0.1) is 22.6 Å². The Balaban J connectivity index is 1.72. The molecule has 5 nitrogen and oxygen atoms in total. The van der Waals surface area contributed by atoms with Crippen molar-refractivity contribution in [1.82, 2.24) is 19.6 Å². The largest absolute Gasteiger partial charge is 0.336 e. The van der Waals surface area contributed by atoms with Crippen LogP contribution in [0.4, 0.5) is 4.39 Å². The average Bonchev–Trinajstić information content (AvgIpc) is 3.47. The minimum absolute atomic E-state index is 0.0900. The first-order valence-electron chi connectivity index (χ1n) is 10.0. The van der Waals surface area contributed by atoms with Gasteiger partial charge in [0, 0.05) is 32.1 Å². The molecule has 0 bridgehead atoms. The molecule has 0 radical (unpaired) electrons. The number of carbonyl (C=O) groups excluding carboxylic acids is 1. The zero-order chi connectivity index (χ0) is 19.0. The van der Waals surface area contributed by atoms with Crippen LogP contribution in [0.2, 0.25) is 0 Å². The van der Waals surface area contributed by atoms with Crippen LogP contribution < -0.4 is 0 Å². The number of halogens is 1. The summed E-state index contributed by atoms with van der Waals surface area (Å²) in [6.45, 7) is 8.56. The molecule has 27 heavy (non-hydrogen) atoms. The molecule has 2 aliphatic rings. The molecule has 6 heteroatoms. The molecule has 1 aromatic heterocycles. The maximum Gasteiger partial charge on any atom is 0.257 e. The molecule has 1 amide bonds. The van der Waals surface area contributed by atoms with Crippen molar-refractivity contribution in [3.63, 3.8) is 0 Å². The molecule has 2 aromatic rings. The second-order valence-electron chi connectivity index (χ2n) is 7.45. The monoisotopic (exact) mass is 370 g/mol. The Bertz CT molecular complexity index is 835. The third kappa shape index (κ3) is 3.50. The molecule has 1 saturated heterocycles. The van der Waals surface area contributed by atoms with E-state index in [4.69, 9.17) is 5.10 Å². The topological polar surface area (TPSA) is 41.4 Å². The van der Waals surface area contributed by atoms with Crippen LogP contribution in [0, 0.1) is 5.82 Å². The summed E-state index contributed by atoms with van der Waals surface area (Å²) in [6, 6.07) is 6.45. The molecule has 144 valence electrons. The lowest BCUT2D eigenvalue weighted by Gasteiger charge is -2.34. The van der Waals surface area contributed by atoms with Gasteiger partial charge in [0.1, 0.15) is 5.82 Å². The predicted molar refractivity (Wildman–Crippen MR) is 103 cm³/mol. The number of benzene rings is 1. The molecule has 0 unspecified atom stereocenters. The minimum Gasteiger partial charge on any atom is -0.336 e. The van der Waals surface area contributed by atoms with Gasteiger partial charge in [-0.05, 0) is 44.0 Å². The highest BCUT2D eigenvalue weighted by Gasteiger charge is 2.36. The summed E-state index contributed by atoms with van der Waals surface area (Å²) in [5, 5.41) is 4.79. The highest BCUT2D eigenvalue weighted by Crippen LogP contribution is 2.42. The van der Waals surface area contributed by atoms with Crippen LogP contribution >= 0.6 is 0 Å². The van der Waals surface area contributed by atoms with Crippen LogP contribution in [0.1, 0.15) is 54.4 Å². The van der Waals surface area contributed by atoms with Crippen molar-refractivity contribution in [2.75, 3.05) is 32.7 Å². The Hall–Kier alpha value is -2.21. The van der Waals surface area contributed by atoms with Crippen molar-refractivity contribution in [2.24, 2.45) is 0 Å². The van der Waals surface area contributed by atoms with Gasteiger partial charge in [-0.15, -0.1) is 0 Å². The van der Waals surface area contributed by atoms with Crippen LogP contribution in [0.15, 0.2) is 24.3 Å². The molecule has 1 aliphatic heterocycles. The fourth-order valence-electron chi connectivity index (χ4n) is 3.92. The molecule has 0 atom stereocenters. The van der Waals surface area contributed by atoms with E-state index in [0.29, 0.717) is 18.0 Å². The lowest BCUT2D eigenvalue weighted by atomic mass is 10.1. The van der Waals surface area contributed by atoms with E-state index in [9.17, 15) is 9.18 Å². The van der Waals surface area contributed by atoms with Crippen LogP contribution in [-0.2, 0) is 6.42 Å². The van der Waals surface area contributed by atoms with Gasteiger partial charge in [-0.3, -0.25) is 4.79 Å². The van der Waals surface area contributed by atoms with E-state index in [1.165, 1.54) is 12.1 Å². The van der Waals surface area contributed by atoms with Crippen molar-refractivity contribution in [3.8, 4) is 5.69 Å². The van der Waals surface area contributed by atoms with E-state index in [0.717, 1.165) is 62.5 Å². The quantitative estimate of drug-likeness (QED) is 0.811. The van der Waals surface area contributed by atoms with E-state index in [2.05, 4.69) is 11.8 Å². The molecule has 2 heterocycles. The van der Waals surface area contributed by atoms with Crippen LogP contribution in [0.5, 0.6) is 0 Å². The standard InChI is InChI=1S/C21H27FN4O/c1-3-18-19(21(27)25-12-10-24(4-2)11-13-25)20(15-8-9-15)23-26(18)17-7-5-6-16(22)14-17/h5-7,14-15H,3-4,8-13H2,1-2H3. The smallest absolute Gasteiger partial charge is 0.257 e. The van der Waals surface area contributed by atoms with Gasteiger partial charge in [0.15, 0.2) is 0 Å². The highest BCUT2D eigenvalue weighted by molar-refractivity contribution is 5.97. The molecular weight excluding hydrogens is 343 g/mol. The number of hydrogen-bond acceptors (Lipinski definition) is 3. The van der Waals surface area contributed by atoms with E-state index >= 15 is 0 Å². The fraction of sp³-hybridized carbons (Fsp3) is 0.524. The van der Waals surface area contributed by atoms with Crippen LogP contribution in [-0.4, -0.2) is 58.2 Å². The van der Waals surface area contributed by atoms with Gasteiger partial charge in [0.25, 0.3) is 5.91 Å². The van der Waals surface area contributed by atoms with E-state index in [1.807, 2.05) is 17.9 Å². The summed E-state index contributed by atoms with van der Waals surface area (Å²) in [7, 11) is 0. The van der Waals surface area contributed by atoms with Crippen molar-refractivity contribution in [1.29, 1.82) is 0 Å². The zero-order valence-electron chi connectivity index (χ0n) is 16.1. The van der Waals surface area contributed by atoms with Crippen LogP contribution in [0.25, 0.3) is 5.69 Å². The molecule has 2 fully saturated rings. The van der Waals surface area contributed by atoms with Gasteiger partial charge in [-0.25, -0.2) is 9.07 Å². The maximum absolute atomic E-state index is 13.8. The average molecular weight is 370 g/mol. The Morgan fingerprint density at radius 1 is 1.19 bits per heavy atom. The third-order valence-electron chi connectivity index (χ3n) is 5.68. The number of carbonyl (C=O) groups is 1. The summed E-state index contributed by atoms with van der Waals surface area (Å²) in [5.74, 6) is 0.162. The molecular formula is C21H27FN4O. The fourth-order valence-corrected chi connectivity index (χ4v) is 3.92. The van der Waals surface area contributed by atoms with Gasteiger partial charge >= 0.3 is 0 Å². The first-order valence-corrected chi connectivity index (χ1v) is 10.0. The lowest BCUT2D eigenvalue weighted by molar-refractivity contribution is 0.0641. The van der Waals surface area contributed by atoms with Crippen LogP contribution in [0.3, 0.4) is 0 Å². The van der Waals surface area contributed by atoms with Gasteiger partial charge in [-0.1, -0.05) is 19.9 Å². The second kappa shape index (κ2) is 7.43. The number of amides is 1. The number of hydrogen-bond donors (Lipinski definition) is 0. The molecule has 1 aromatic carbocycles. The summed E-state index contributed by atoms with van der Waals surface area (Å²) in [6.07, 6.45) is 2.84. The Labute approximate surface area is 159 Å². The summed E-state index contributed by atoms with van der Waals surface area (Å²) in [4.78, 5) is 17.7. The van der Waals surface area contributed by atoms with Gasteiger partial charge < -0.3 is 9.80 Å². The minimum atomic E-state index is -0.290. The molecule has 4 rings (SSSR count). The normalized spacial score (nSPS) is 18.1. The van der Waals surface area contributed by atoms with E-state index in [1.54, 1.807) is 10.7 Å². The lowest BCUT2D eigenvalue weighted by Crippen LogP contribution is -2.48. The summed E-state index contributed by atoms with van der Waals surface area (Å²) < 4.78 is 15.5. The number of piperazine rings is 1. The Morgan fingerprint density at radius 2 is 1.93 bits per heavy atom. The van der Waals surface area contributed by atoms with Gasteiger partial charge in [-0.2, -0.15) is 5.10 Å². The van der Waals surface area contributed by atoms with Gasteiger partial charge in [0.2, 0.25) is 0 Å². The number of rotatable bonds is 5. The van der Waals surface area contributed by atoms with E-state index < -0.39 is 0 Å². The summed E-state index contributed by atoms with van der Waals surface area (Å²) in [5.41, 5.74) is 3.24. The SMILES string of the molecule is CCc1c(C(=O)N2CCN(CC)CC2)c(C2CC2)nn1-c1cccc(F)c1. The van der Waals surface area contributed by atoms with Crippen molar-refractivity contribution < 1.29 is 9.18 Å². The molecule has 1 saturated carbocycles.